The first kappa shape index (κ1) is 18.5. The highest BCUT2D eigenvalue weighted by atomic mass is 32.2. The van der Waals surface area contributed by atoms with Gasteiger partial charge in [-0.05, 0) is 25.0 Å². The molecule has 9 heteroatoms. The predicted octanol–water partition coefficient (Wildman–Crippen LogP) is 1.15. The van der Waals surface area contributed by atoms with Crippen LogP contribution in [0.4, 0.5) is 0 Å². The van der Waals surface area contributed by atoms with Crippen LogP contribution in [-0.2, 0) is 21.2 Å². The van der Waals surface area contributed by atoms with E-state index in [0.29, 0.717) is 12.2 Å². The van der Waals surface area contributed by atoms with Gasteiger partial charge in [-0.25, -0.2) is 8.42 Å². The molecule has 0 bridgehead atoms. The number of nitrogens with zero attached hydrogens (tertiary/aromatic N) is 5. The van der Waals surface area contributed by atoms with Crippen LogP contribution in [-0.4, -0.2) is 63.0 Å². The summed E-state index contributed by atoms with van der Waals surface area (Å²) in [4.78, 5) is 15.8. The molecule has 0 radical (unpaired) electrons. The van der Waals surface area contributed by atoms with Crippen molar-refractivity contribution in [3.05, 3.63) is 30.3 Å². The van der Waals surface area contributed by atoms with Gasteiger partial charge in [0.25, 0.3) is 0 Å². The largest absolute Gasteiger partial charge is 0.334 e. The zero-order valence-corrected chi connectivity index (χ0v) is 15.8. The van der Waals surface area contributed by atoms with Gasteiger partial charge in [0.2, 0.25) is 11.7 Å². The van der Waals surface area contributed by atoms with Gasteiger partial charge in [0.15, 0.2) is 9.84 Å². The van der Waals surface area contributed by atoms with Crippen LogP contribution in [0.2, 0.25) is 0 Å². The Bertz CT molecular complexity index is 866. The fraction of sp³-hybridized carbons (Fsp3) is 0.529. The molecule has 2 atom stereocenters. The summed E-state index contributed by atoms with van der Waals surface area (Å²) in [5.41, 5.74) is 0.826. The molecule has 2 aromatic rings. The second-order valence-electron chi connectivity index (χ2n) is 6.62. The van der Waals surface area contributed by atoms with Crippen molar-refractivity contribution >= 4 is 15.7 Å². The van der Waals surface area contributed by atoms with E-state index in [-0.39, 0.29) is 36.0 Å². The molecule has 0 aliphatic carbocycles. The normalized spacial score (nSPS) is 20.0. The maximum Gasteiger partial charge on any atom is 0.246 e. The molecule has 3 rings (SSSR count). The summed E-state index contributed by atoms with van der Waals surface area (Å²) in [6, 6.07) is 9.09. The van der Waals surface area contributed by atoms with E-state index in [1.54, 1.807) is 4.90 Å². The van der Waals surface area contributed by atoms with E-state index >= 15 is 0 Å². The summed E-state index contributed by atoms with van der Waals surface area (Å²) in [5, 5.41) is 12.2. The van der Waals surface area contributed by atoms with Crippen molar-refractivity contribution < 1.29 is 13.2 Å². The smallest absolute Gasteiger partial charge is 0.246 e. The van der Waals surface area contributed by atoms with E-state index in [1.807, 2.05) is 44.2 Å². The second-order valence-corrected chi connectivity index (χ2v) is 8.85. The fourth-order valence-electron chi connectivity index (χ4n) is 3.22. The number of tetrazole rings is 1. The molecule has 0 unspecified atom stereocenters. The van der Waals surface area contributed by atoms with Crippen molar-refractivity contribution in [3.63, 3.8) is 0 Å². The van der Waals surface area contributed by atoms with Gasteiger partial charge in [0.05, 0.1) is 11.5 Å². The van der Waals surface area contributed by atoms with E-state index in [4.69, 9.17) is 0 Å². The summed E-state index contributed by atoms with van der Waals surface area (Å²) in [6.07, 6.45) is 1.24. The lowest BCUT2D eigenvalue weighted by molar-refractivity contribution is -0.136. The lowest BCUT2D eigenvalue weighted by Gasteiger charge is -2.33. The first-order valence-corrected chi connectivity index (χ1v) is 10.6. The Morgan fingerprint density at radius 1 is 1.35 bits per heavy atom. The highest BCUT2D eigenvalue weighted by Gasteiger charge is 2.36. The van der Waals surface area contributed by atoms with Crippen LogP contribution in [0.3, 0.4) is 0 Å². The Balaban J connectivity index is 1.75. The van der Waals surface area contributed by atoms with Gasteiger partial charge >= 0.3 is 0 Å². The van der Waals surface area contributed by atoms with Crippen LogP contribution in [0.5, 0.6) is 0 Å². The standard InChI is InChI=1S/C17H23N5O3S/c1-3-13(2)22(15-9-10-26(24,25)12-15)16(23)11-21-19-17(18-20-21)14-7-5-4-6-8-14/h4-8,13,15H,3,9-12H2,1-2H3/t13-,15+/m0/s1. The van der Waals surface area contributed by atoms with Crippen LogP contribution in [0.1, 0.15) is 26.7 Å². The summed E-state index contributed by atoms with van der Waals surface area (Å²) in [5.74, 6) is 0.441. The molecule has 1 aromatic heterocycles. The van der Waals surface area contributed by atoms with E-state index < -0.39 is 9.84 Å². The van der Waals surface area contributed by atoms with Crippen LogP contribution in [0.15, 0.2) is 30.3 Å². The van der Waals surface area contributed by atoms with Crippen LogP contribution >= 0.6 is 0 Å². The SMILES string of the molecule is CC[C@H](C)N(C(=O)Cn1nnc(-c2ccccc2)n1)[C@@H]1CCS(=O)(=O)C1. The highest BCUT2D eigenvalue weighted by molar-refractivity contribution is 7.91. The highest BCUT2D eigenvalue weighted by Crippen LogP contribution is 2.22. The van der Waals surface area contributed by atoms with Gasteiger partial charge in [0.1, 0.15) is 6.54 Å². The van der Waals surface area contributed by atoms with Crippen molar-refractivity contribution in [2.75, 3.05) is 11.5 Å². The molecule has 1 aliphatic heterocycles. The number of hydrogen-bond donors (Lipinski definition) is 0. The summed E-state index contributed by atoms with van der Waals surface area (Å²) < 4.78 is 23.6. The lowest BCUT2D eigenvalue weighted by atomic mass is 10.1. The van der Waals surface area contributed by atoms with Gasteiger partial charge in [-0.15, -0.1) is 10.2 Å². The third-order valence-corrected chi connectivity index (χ3v) is 6.47. The van der Waals surface area contributed by atoms with Gasteiger partial charge in [0, 0.05) is 17.6 Å². The first-order valence-electron chi connectivity index (χ1n) is 8.74. The third kappa shape index (κ3) is 4.09. The van der Waals surface area contributed by atoms with Crippen molar-refractivity contribution in [1.29, 1.82) is 0 Å². The van der Waals surface area contributed by atoms with Crippen molar-refractivity contribution in [3.8, 4) is 11.4 Å². The molecule has 8 nitrogen and oxygen atoms in total. The summed E-state index contributed by atoms with van der Waals surface area (Å²) in [7, 11) is -3.06. The third-order valence-electron chi connectivity index (χ3n) is 4.72. The number of hydrogen-bond acceptors (Lipinski definition) is 6. The first-order chi connectivity index (χ1) is 12.4. The Morgan fingerprint density at radius 2 is 2.08 bits per heavy atom. The van der Waals surface area contributed by atoms with Crippen molar-refractivity contribution in [2.24, 2.45) is 0 Å². The molecule has 1 aliphatic rings. The molecule has 1 saturated heterocycles. The van der Waals surface area contributed by atoms with Gasteiger partial charge in [-0.2, -0.15) is 4.80 Å². The Hall–Kier alpha value is -2.29. The number of sulfone groups is 1. The van der Waals surface area contributed by atoms with Gasteiger partial charge in [-0.1, -0.05) is 37.3 Å². The molecular formula is C17H23N5O3S. The Morgan fingerprint density at radius 3 is 2.69 bits per heavy atom. The molecule has 1 amide bonds. The fourth-order valence-corrected chi connectivity index (χ4v) is 4.93. The molecule has 2 heterocycles. The van der Waals surface area contributed by atoms with E-state index in [1.165, 1.54) is 4.80 Å². The van der Waals surface area contributed by atoms with Crippen molar-refractivity contribution in [1.82, 2.24) is 25.1 Å². The van der Waals surface area contributed by atoms with E-state index in [0.717, 1.165) is 12.0 Å². The number of rotatable bonds is 6. The van der Waals surface area contributed by atoms with Gasteiger partial charge in [-0.3, -0.25) is 4.79 Å². The average Bonchev–Trinajstić information content (AvgIpc) is 3.22. The minimum Gasteiger partial charge on any atom is -0.334 e. The summed E-state index contributed by atoms with van der Waals surface area (Å²) >= 11 is 0. The molecular weight excluding hydrogens is 354 g/mol. The lowest BCUT2D eigenvalue weighted by Crippen LogP contribution is -2.48. The molecule has 0 saturated carbocycles. The minimum absolute atomic E-state index is 0.0309. The number of benzene rings is 1. The maximum atomic E-state index is 12.9. The molecule has 1 fully saturated rings. The van der Waals surface area contributed by atoms with Crippen LogP contribution in [0, 0.1) is 0 Å². The van der Waals surface area contributed by atoms with Gasteiger partial charge < -0.3 is 4.90 Å². The predicted molar refractivity (Wildman–Crippen MR) is 96.9 cm³/mol. The molecule has 140 valence electrons. The number of carbonyl (C=O) groups excluding carboxylic acids is 1. The number of carbonyl (C=O) groups is 1. The van der Waals surface area contributed by atoms with Crippen LogP contribution < -0.4 is 0 Å². The average molecular weight is 377 g/mol. The van der Waals surface area contributed by atoms with E-state index in [9.17, 15) is 13.2 Å². The number of aromatic nitrogens is 4. The molecule has 0 N–H and O–H groups in total. The Labute approximate surface area is 153 Å². The zero-order valence-electron chi connectivity index (χ0n) is 14.9. The number of amides is 1. The minimum atomic E-state index is -3.06. The van der Waals surface area contributed by atoms with Crippen LogP contribution in [0.25, 0.3) is 11.4 Å². The monoisotopic (exact) mass is 377 g/mol. The topological polar surface area (TPSA) is 98.1 Å². The van der Waals surface area contributed by atoms with Crippen molar-refractivity contribution in [2.45, 2.75) is 45.3 Å². The van der Waals surface area contributed by atoms with E-state index in [2.05, 4.69) is 15.4 Å². The Kier molecular flexibility index (Phi) is 5.36. The zero-order chi connectivity index (χ0) is 18.7. The molecule has 1 aromatic carbocycles. The quantitative estimate of drug-likeness (QED) is 0.749. The maximum absolute atomic E-state index is 12.9. The molecule has 26 heavy (non-hydrogen) atoms. The second kappa shape index (κ2) is 7.53. The molecule has 0 spiro atoms. The summed E-state index contributed by atoms with van der Waals surface area (Å²) in [6.45, 7) is 3.86.